The van der Waals surface area contributed by atoms with Crippen LogP contribution in [0.2, 0.25) is 0 Å². The molecule has 0 N–H and O–H groups in total. The third kappa shape index (κ3) is 6.26. The van der Waals surface area contributed by atoms with Crippen molar-refractivity contribution in [1.82, 2.24) is 4.57 Å². The van der Waals surface area contributed by atoms with E-state index in [4.69, 9.17) is 0 Å². The lowest BCUT2D eigenvalue weighted by atomic mass is 9.43. The fourth-order valence-electron chi connectivity index (χ4n) is 12.7. The van der Waals surface area contributed by atoms with Crippen LogP contribution in [0.5, 0.6) is 0 Å². The summed E-state index contributed by atoms with van der Waals surface area (Å²) in [4.78, 5) is 5.29. The highest BCUT2D eigenvalue weighted by Gasteiger charge is 2.47. The van der Waals surface area contributed by atoms with Crippen LogP contribution in [-0.4, -0.2) is 11.4 Å². The average molecular weight is 928 g/mol. The van der Waals surface area contributed by atoms with Gasteiger partial charge in [-0.3, -0.25) is 0 Å². The van der Waals surface area contributed by atoms with E-state index < -0.39 is 0 Å². The Morgan fingerprint density at radius 3 is 1.84 bits per heavy atom. The molecule has 2 aliphatic heterocycles. The zero-order valence-corrected chi connectivity index (χ0v) is 43.5. The van der Waals surface area contributed by atoms with Crippen molar-refractivity contribution in [3.63, 3.8) is 0 Å². The van der Waals surface area contributed by atoms with Crippen LogP contribution in [0, 0.1) is 6.92 Å². The highest BCUT2D eigenvalue weighted by atomic mass is 32.1. The molecular weight excluding hydrogens is 866 g/mol. The Morgan fingerprint density at radius 1 is 0.543 bits per heavy atom. The Bertz CT molecular complexity index is 3780. The Morgan fingerprint density at radius 2 is 1.17 bits per heavy atom. The molecule has 0 radical (unpaired) electrons. The first-order valence-corrected chi connectivity index (χ1v) is 26.3. The molecule has 0 amide bonds. The summed E-state index contributed by atoms with van der Waals surface area (Å²) in [5.41, 5.74) is 22.3. The summed E-state index contributed by atoms with van der Waals surface area (Å²) in [6.07, 6.45) is 2.35. The van der Waals surface area contributed by atoms with Crippen LogP contribution in [0.3, 0.4) is 0 Å². The minimum Gasteiger partial charge on any atom is -0.376 e. The Kier molecular flexibility index (Phi) is 9.16. The molecule has 70 heavy (non-hydrogen) atoms. The number of anilines is 5. The first kappa shape index (κ1) is 43.5. The lowest BCUT2D eigenvalue weighted by Gasteiger charge is -2.46. The van der Waals surface area contributed by atoms with Gasteiger partial charge in [-0.1, -0.05) is 142 Å². The van der Waals surface area contributed by atoms with E-state index in [2.05, 4.69) is 242 Å². The van der Waals surface area contributed by atoms with Crippen molar-refractivity contribution in [2.75, 3.05) is 9.71 Å². The number of thiophene rings is 1. The maximum absolute atomic E-state index is 2.81. The molecule has 0 bridgehead atoms. The van der Waals surface area contributed by atoms with E-state index in [9.17, 15) is 0 Å². The minimum absolute atomic E-state index is 0.0116. The second-order valence-corrected chi connectivity index (χ2v) is 25.2. The molecule has 0 fully saturated rings. The zero-order valence-electron chi connectivity index (χ0n) is 42.7. The molecule has 0 saturated heterocycles. The molecule has 0 saturated carbocycles. The number of aryl methyl sites for hydroxylation is 1. The van der Waals surface area contributed by atoms with Crippen LogP contribution in [0.25, 0.3) is 58.8 Å². The van der Waals surface area contributed by atoms with Crippen LogP contribution in [0.15, 0.2) is 152 Å². The summed E-state index contributed by atoms with van der Waals surface area (Å²) in [6, 6.07) is 58.7. The van der Waals surface area contributed by atoms with Crippen molar-refractivity contribution < 1.29 is 0 Å². The highest BCUT2D eigenvalue weighted by molar-refractivity contribution is 7.26. The maximum atomic E-state index is 2.81. The van der Waals surface area contributed by atoms with Gasteiger partial charge in [-0.05, 0) is 165 Å². The highest BCUT2D eigenvalue weighted by Crippen LogP contribution is 2.55. The van der Waals surface area contributed by atoms with E-state index in [-0.39, 0.29) is 28.5 Å². The number of rotatable bonds is 4. The second kappa shape index (κ2) is 14.7. The molecule has 1 aliphatic carbocycles. The van der Waals surface area contributed by atoms with Crippen molar-refractivity contribution in [1.29, 1.82) is 0 Å². The quantitative estimate of drug-likeness (QED) is 0.163. The third-order valence-corrected chi connectivity index (χ3v) is 17.7. The van der Waals surface area contributed by atoms with Crippen LogP contribution < -0.4 is 20.6 Å². The topological polar surface area (TPSA) is 11.4 Å². The van der Waals surface area contributed by atoms with Gasteiger partial charge in [0, 0.05) is 70.6 Å². The summed E-state index contributed by atoms with van der Waals surface area (Å²) in [7, 11) is 0. The first-order valence-electron chi connectivity index (χ1n) is 25.5. The molecule has 10 aromatic rings. The summed E-state index contributed by atoms with van der Waals surface area (Å²) < 4.78 is 5.31. The van der Waals surface area contributed by atoms with Gasteiger partial charge in [0.05, 0.1) is 11.0 Å². The monoisotopic (exact) mass is 927 g/mol. The van der Waals surface area contributed by atoms with Gasteiger partial charge in [0.1, 0.15) is 0 Å². The summed E-state index contributed by atoms with van der Waals surface area (Å²) in [6.45, 7) is 26.4. The van der Waals surface area contributed by atoms with Crippen molar-refractivity contribution in [2.45, 2.75) is 111 Å². The Labute approximate surface area is 418 Å². The second-order valence-electron chi connectivity index (χ2n) is 24.1. The van der Waals surface area contributed by atoms with Crippen LogP contribution in [-0.2, 0) is 21.7 Å². The van der Waals surface area contributed by atoms with Crippen LogP contribution >= 0.6 is 11.3 Å². The van der Waals surface area contributed by atoms with Crippen molar-refractivity contribution in [3.8, 4) is 16.8 Å². The van der Waals surface area contributed by atoms with E-state index in [0.29, 0.717) is 0 Å². The van der Waals surface area contributed by atoms with E-state index in [1.54, 1.807) is 0 Å². The molecule has 8 aromatic carbocycles. The van der Waals surface area contributed by atoms with Gasteiger partial charge in [-0.15, -0.1) is 11.3 Å². The number of hydrogen-bond donors (Lipinski definition) is 0. The molecule has 3 aliphatic rings. The lowest BCUT2D eigenvalue weighted by Crippen LogP contribution is -2.61. The molecule has 5 heteroatoms. The fourth-order valence-corrected chi connectivity index (χ4v) is 13.8. The summed E-state index contributed by atoms with van der Waals surface area (Å²) >= 11 is 1.92. The van der Waals surface area contributed by atoms with E-state index in [1.165, 1.54) is 115 Å². The van der Waals surface area contributed by atoms with Gasteiger partial charge >= 0.3 is 6.85 Å². The normalized spacial score (nSPS) is 15.7. The van der Waals surface area contributed by atoms with Gasteiger partial charge in [-0.25, -0.2) is 0 Å². The smallest absolute Gasteiger partial charge is 0.333 e. The molecular formula is C65H62BN3S. The van der Waals surface area contributed by atoms with Crippen molar-refractivity contribution in [3.05, 3.63) is 179 Å². The Hall–Kier alpha value is -6.56. The van der Waals surface area contributed by atoms with E-state index >= 15 is 0 Å². The molecule has 3 nitrogen and oxygen atoms in total. The largest absolute Gasteiger partial charge is 0.376 e. The van der Waals surface area contributed by atoms with Gasteiger partial charge in [-0.2, -0.15) is 0 Å². The number of nitrogens with zero attached hydrogens (tertiary/aromatic N) is 3. The lowest BCUT2D eigenvalue weighted by molar-refractivity contribution is 0.332. The number of fused-ring (bicyclic) bond motifs is 12. The van der Waals surface area contributed by atoms with E-state index in [0.717, 1.165) is 23.5 Å². The number of benzene rings is 8. The van der Waals surface area contributed by atoms with Gasteiger partial charge < -0.3 is 14.3 Å². The third-order valence-electron chi connectivity index (χ3n) is 16.6. The van der Waals surface area contributed by atoms with E-state index in [1.807, 2.05) is 11.3 Å². The number of hydrogen-bond acceptors (Lipinski definition) is 3. The maximum Gasteiger partial charge on any atom is 0.333 e. The summed E-state index contributed by atoms with van der Waals surface area (Å²) in [5, 5.41) is 5.31. The number of para-hydroxylation sites is 2. The summed E-state index contributed by atoms with van der Waals surface area (Å²) in [5.74, 6) is 0. The van der Waals surface area contributed by atoms with Crippen LogP contribution in [0.1, 0.15) is 110 Å². The molecule has 13 rings (SSSR count). The first-order chi connectivity index (χ1) is 33.4. The van der Waals surface area contributed by atoms with Crippen molar-refractivity contribution >= 4 is 99.5 Å². The average Bonchev–Trinajstić information content (AvgIpc) is 3.88. The minimum atomic E-state index is -0.115. The molecule has 4 heterocycles. The zero-order chi connectivity index (χ0) is 48.4. The molecule has 0 unspecified atom stereocenters. The SMILES string of the molecule is Cc1cc2c(cc1N1B3c4c(cc(N(c5ccccc5)c5ccccc5)cc4-n4c5ccc(C(C)(C)C)cc5c5cc(C(C)(C)C)cc3c54)-c3c1ccc1sc4ccccc4c31)C(C)(C)CCC2(C)C. The molecule has 0 atom stereocenters. The van der Waals surface area contributed by atoms with Crippen LogP contribution in [0.4, 0.5) is 28.4 Å². The fraction of sp³-hybridized carbons (Fsp3) is 0.262. The predicted octanol–water partition coefficient (Wildman–Crippen LogP) is 17.1. The molecule has 2 aromatic heterocycles. The Balaban J connectivity index is 1.25. The van der Waals surface area contributed by atoms with Gasteiger partial charge in [0.25, 0.3) is 0 Å². The standard InChI is InChI=1S/C65H62BN3S/c1-39-32-49-50(65(10,11)31-30-64(49,8)9)38-54(39)69-53-28-29-57-59(45-24-18-19-25-56(45)70-57)58(53)48-36-44(67(42-20-14-12-15-21-42)43-22-16-13-17-23-43)37-55-60(48)66(69)51-35-41(63(5,6)7)34-47-46-33-40(62(2,3)4)26-27-52(46)68(55)61(47)51/h12-29,32-38H,30-31H2,1-11H3. The number of aromatic nitrogens is 1. The van der Waals surface area contributed by atoms with Gasteiger partial charge in [0.15, 0.2) is 0 Å². The van der Waals surface area contributed by atoms with Gasteiger partial charge in [0.2, 0.25) is 0 Å². The molecule has 346 valence electrons. The predicted molar refractivity (Wildman–Crippen MR) is 305 cm³/mol. The van der Waals surface area contributed by atoms with Crippen molar-refractivity contribution in [2.24, 2.45) is 0 Å². The molecule has 0 spiro atoms.